The molecule has 1 aromatic carbocycles. The summed E-state index contributed by atoms with van der Waals surface area (Å²) in [6.07, 6.45) is 11.4. The molecule has 8 atom stereocenters. The third-order valence-corrected chi connectivity index (χ3v) is 14.5. The zero-order valence-electron chi connectivity index (χ0n) is 36.0. The van der Waals surface area contributed by atoms with Crippen molar-refractivity contribution >= 4 is 41.2 Å². The lowest BCUT2D eigenvalue weighted by atomic mass is 9.66. The first-order valence-corrected chi connectivity index (χ1v) is 22.0. The number of allylic oxidation sites excluding steroid dienone is 3. The Hall–Kier alpha value is -3.69. The predicted molar refractivity (Wildman–Crippen MR) is 226 cm³/mol. The number of amides is 3. The molecule has 4 fully saturated rings. The number of rotatable bonds is 7. The first kappa shape index (κ1) is 45.8. The topological polar surface area (TPSA) is 193 Å². The Bertz CT molecular complexity index is 1820. The molecule has 5 aliphatic rings. The molecular formula is C45H65ClN4O10. The summed E-state index contributed by atoms with van der Waals surface area (Å²) in [7, 11) is 4.52. The Morgan fingerprint density at radius 2 is 1.82 bits per heavy atom. The number of fused-ring (bicyclic) bond motifs is 5. The number of likely N-dealkylation sites (N-methyl/N-ethyl adjacent to an activating group) is 1. The third-order valence-electron chi connectivity index (χ3n) is 14.1. The van der Waals surface area contributed by atoms with Crippen LogP contribution in [0, 0.1) is 17.3 Å². The fraction of sp³-hybridized carbons (Fsp3) is 0.689. The summed E-state index contributed by atoms with van der Waals surface area (Å²) in [6, 6.07) is 3.53. The summed E-state index contributed by atoms with van der Waals surface area (Å²) in [5, 5.41) is 25.1. The Morgan fingerprint density at radius 1 is 1.13 bits per heavy atom. The summed E-state index contributed by atoms with van der Waals surface area (Å²) >= 11 is 6.78. The number of nitrogens with one attached hydrogen (secondary N) is 1. The van der Waals surface area contributed by atoms with Crippen LogP contribution in [-0.4, -0.2) is 102 Å². The number of alkyl carbamates (subject to hydrolysis) is 1. The van der Waals surface area contributed by atoms with Gasteiger partial charge < -0.3 is 44.7 Å². The van der Waals surface area contributed by atoms with Gasteiger partial charge in [0.25, 0.3) is 0 Å². The maximum absolute atomic E-state index is 14.2. The number of hydrogen-bond acceptors (Lipinski definition) is 11. The van der Waals surface area contributed by atoms with Gasteiger partial charge in [-0.2, -0.15) is 0 Å². The van der Waals surface area contributed by atoms with Gasteiger partial charge in [-0.1, -0.05) is 68.0 Å². The molecule has 1 aromatic rings. The van der Waals surface area contributed by atoms with Gasteiger partial charge in [0, 0.05) is 32.9 Å². The first-order valence-electron chi connectivity index (χ1n) is 21.6. The molecule has 2 aliphatic carbocycles. The minimum atomic E-state index is -2.07. The molecule has 60 heavy (non-hydrogen) atoms. The van der Waals surface area contributed by atoms with E-state index in [0.29, 0.717) is 29.2 Å². The summed E-state index contributed by atoms with van der Waals surface area (Å²) in [5.74, 6) is -1.45. The lowest BCUT2D eigenvalue weighted by Crippen LogP contribution is -2.63. The Labute approximate surface area is 359 Å². The molecule has 0 radical (unpaired) electrons. The van der Waals surface area contributed by atoms with E-state index in [4.69, 9.17) is 36.3 Å². The van der Waals surface area contributed by atoms with Crippen LogP contribution in [0.5, 0.6) is 5.75 Å². The van der Waals surface area contributed by atoms with Gasteiger partial charge >= 0.3 is 12.1 Å². The Morgan fingerprint density at radius 3 is 2.48 bits per heavy atom. The van der Waals surface area contributed by atoms with Crippen LogP contribution in [0.2, 0.25) is 5.02 Å². The summed E-state index contributed by atoms with van der Waals surface area (Å²) < 4.78 is 23.5. The number of esters is 1. The standard InChI is InChI=1S/C45H65ClN4O10/c1-27-12-11-13-34(51)45(56)26-33(58-42(55)48-45)28(2)39-43(3,60-39)35(25-37(53)49(4)31-23-30(22-27)24-32(57-6)38(31)46)59-41(54)40(47)50(5)36(52)15-14-29-16-20-44(21-17-29)18-9-7-8-10-19-44/h11-13,23-24,28-29,33-35,39-40,51,56H,7-10,14-22,25-26,47H2,1-6H3,(H,48,55)/b13-11+,27-12+/t28-,33+,34-,35+,39+,40-,43?,45+/m1/s1. The van der Waals surface area contributed by atoms with Gasteiger partial charge in [0.05, 0.1) is 25.3 Å². The Kier molecular flexibility index (Phi) is 14.3. The van der Waals surface area contributed by atoms with Gasteiger partial charge in [-0.25, -0.2) is 9.59 Å². The summed E-state index contributed by atoms with van der Waals surface area (Å²) in [6.45, 7) is 5.31. The first-order chi connectivity index (χ1) is 28.4. The molecule has 5 N–H and O–H groups in total. The molecule has 15 heteroatoms. The summed E-state index contributed by atoms with van der Waals surface area (Å²) in [4.78, 5) is 57.0. The van der Waals surface area contributed by atoms with E-state index in [2.05, 4.69) is 5.32 Å². The van der Waals surface area contributed by atoms with Crippen molar-refractivity contribution in [2.45, 2.75) is 159 Å². The van der Waals surface area contributed by atoms with Crippen LogP contribution >= 0.6 is 11.6 Å². The number of carbonyl (C=O) groups is 4. The van der Waals surface area contributed by atoms with E-state index in [1.54, 1.807) is 45.2 Å². The minimum absolute atomic E-state index is 0.195. The van der Waals surface area contributed by atoms with Crippen molar-refractivity contribution in [3.63, 3.8) is 0 Å². The number of nitrogens with zero attached hydrogens (tertiary/aromatic N) is 2. The zero-order chi connectivity index (χ0) is 43.6. The van der Waals surface area contributed by atoms with Gasteiger partial charge in [-0.3, -0.25) is 14.9 Å². The van der Waals surface area contributed by atoms with E-state index in [1.165, 1.54) is 81.4 Å². The van der Waals surface area contributed by atoms with Crippen LogP contribution in [0.4, 0.5) is 10.5 Å². The highest BCUT2D eigenvalue weighted by molar-refractivity contribution is 6.35. The van der Waals surface area contributed by atoms with Gasteiger partial charge in [0.2, 0.25) is 11.8 Å². The molecule has 332 valence electrons. The number of epoxide rings is 1. The fourth-order valence-electron chi connectivity index (χ4n) is 9.93. The molecule has 3 aliphatic heterocycles. The molecule has 3 heterocycles. The van der Waals surface area contributed by atoms with Gasteiger partial charge in [0.15, 0.2) is 11.9 Å². The van der Waals surface area contributed by atoms with E-state index < -0.39 is 65.8 Å². The van der Waals surface area contributed by atoms with E-state index in [0.717, 1.165) is 30.4 Å². The average molecular weight is 857 g/mol. The second kappa shape index (κ2) is 18.7. The van der Waals surface area contributed by atoms with Crippen LogP contribution in [0.3, 0.4) is 0 Å². The van der Waals surface area contributed by atoms with Crippen LogP contribution in [-0.2, 0) is 35.0 Å². The monoisotopic (exact) mass is 856 g/mol. The largest absolute Gasteiger partial charge is 0.495 e. The maximum Gasteiger partial charge on any atom is 0.409 e. The number of ether oxygens (including phenoxy) is 4. The molecule has 0 aromatic heterocycles. The molecule has 4 bridgehead atoms. The molecule has 2 saturated heterocycles. The molecule has 6 rings (SSSR count). The van der Waals surface area contributed by atoms with E-state index in [1.807, 2.05) is 6.92 Å². The average Bonchev–Trinajstić information content (AvgIpc) is 3.97. The van der Waals surface area contributed by atoms with E-state index >= 15 is 0 Å². The second-order valence-corrected chi connectivity index (χ2v) is 18.7. The highest BCUT2D eigenvalue weighted by Crippen LogP contribution is 2.50. The lowest BCUT2D eigenvalue weighted by molar-refractivity contribution is -0.162. The number of anilines is 1. The van der Waals surface area contributed by atoms with Crippen molar-refractivity contribution in [3.8, 4) is 5.75 Å². The van der Waals surface area contributed by atoms with Crippen molar-refractivity contribution < 1.29 is 48.3 Å². The van der Waals surface area contributed by atoms with Crippen molar-refractivity contribution in [3.05, 3.63) is 46.5 Å². The van der Waals surface area contributed by atoms with Crippen LogP contribution < -0.4 is 20.7 Å². The van der Waals surface area contributed by atoms with Crippen molar-refractivity contribution in [2.24, 2.45) is 23.0 Å². The minimum Gasteiger partial charge on any atom is -0.495 e. The van der Waals surface area contributed by atoms with Crippen molar-refractivity contribution in [1.82, 2.24) is 10.2 Å². The van der Waals surface area contributed by atoms with Gasteiger partial charge in [-0.05, 0) is 94.2 Å². The number of benzene rings is 1. The normalized spacial score (nSPS) is 33.2. The lowest BCUT2D eigenvalue weighted by Gasteiger charge is -2.41. The number of methoxy groups -OCH3 is 1. The van der Waals surface area contributed by atoms with Crippen LogP contribution in [0.1, 0.15) is 116 Å². The number of hydrogen-bond donors (Lipinski definition) is 4. The molecule has 1 unspecified atom stereocenters. The molecule has 2 saturated carbocycles. The number of aliphatic hydroxyl groups excluding tert-OH is 1. The second-order valence-electron chi connectivity index (χ2n) is 18.4. The SMILES string of the molecule is COc1cc2cc(c1Cl)N(C)C(=O)C[C@H](OC(=O)[C@H](N)N(C)C(=O)CCC1CCC3(CCCCCC3)CC1)C1(C)O[C@H]1[C@H](C)[C@@H]1C[C@@](O)(NC(=O)O1)[C@H](O)/C=C/C=C(\C)C2. The number of carbonyl (C=O) groups excluding carboxylic acids is 4. The molecular weight excluding hydrogens is 792 g/mol. The Balaban J connectivity index is 1.21. The highest BCUT2D eigenvalue weighted by atomic mass is 35.5. The number of aliphatic hydroxyl groups is 2. The molecule has 14 nitrogen and oxygen atoms in total. The smallest absolute Gasteiger partial charge is 0.409 e. The van der Waals surface area contributed by atoms with E-state index in [9.17, 15) is 29.4 Å². The molecule has 3 amide bonds. The predicted octanol–water partition coefficient (Wildman–Crippen LogP) is 6.07. The van der Waals surface area contributed by atoms with Crippen molar-refractivity contribution in [1.29, 1.82) is 0 Å². The van der Waals surface area contributed by atoms with Crippen molar-refractivity contribution in [2.75, 3.05) is 26.1 Å². The quantitative estimate of drug-likeness (QED) is 0.141. The molecule has 1 spiro atoms. The van der Waals surface area contributed by atoms with Crippen LogP contribution in [0.15, 0.2) is 35.9 Å². The zero-order valence-corrected chi connectivity index (χ0v) is 36.8. The number of nitrogens with two attached hydrogens (primary N) is 1. The van der Waals surface area contributed by atoms with Gasteiger partial charge in [-0.15, -0.1) is 0 Å². The highest BCUT2D eigenvalue weighted by Gasteiger charge is 2.64. The van der Waals surface area contributed by atoms with Crippen LogP contribution in [0.25, 0.3) is 0 Å². The third kappa shape index (κ3) is 10.2. The fourth-order valence-corrected chi connectivity index (χ4v) is 10.2. The van der Waals surface area contributed by atoms with E-state index in [-0.39, 0.29) is 30.2 Å². The van der Waals surface area contributed by atoms with Gasteiger partial charge in [0.1, 0.15) is 34.7 Å². The number of halogens is 1. The maximum atomic E-state index is 14.2. The summed E-state index contributed by atoms with van der Waals surface area (Å²) in [5.41, 5.74) is 5.53.